The number of para-hydroxylation sites is 3. The highest BCUT2D eigenvalue weighted by atomic mass is 15.2. The SMILES string of the molecule is c1ccc(-c2nc(-c3ccccc3)nc(-c3ccc4c(c3)c3c5ccccc5ccc3n4-c3nc4ccccc4c4nc5ccccc5n34)n2)cc1. The van der Waals surface area contributed by atoms with Gasteiger partial charge >= 0.3 is 0 Å². The molecular weight excluding hydrogens is 639 g/mol. The molecular formula is C45H27N7. The highest BCUT2D eigenvalue weighted by molar-refractivity contribution is 6.22. The second-order valence-corrected chi connectivity index (χ2v) is 13.0. The molecule has 0 N–H and O–H groups in total. The molecule has 0 saturated carbocycles. The molecule has 0 unspecified atom stereocenters. The van der Waals surface area contributed by atoms with Crippen molar-refractivity contribution in [3.05, 3.63) is 164 Å². The Morgan fingerprint density at radius 1 is 0.365 bits per heavy atom. The van der Waals surface area contributed by atoms with Crippen molar-refractivity contribution < 1.29 is 0 Å². The summed E-state index contributed by atoms with van der Waals surface area (Å²) in [6, 6.07) is 56.2. The van der Waals surface area contributed by atoms with E-state index in [1.165, 1.54) is 10.8 Å². The van der Waals surface area contributed by atoms with Gasteiger partial charge in [0.2, 0.25) is 5.95 Å². The van der Waals surface area contributed by atoms with Crippen molar-refractivity contribution >= 4 is 60.2 Å². The Balaban J connectivity index is 1.24. The Labute approximate surface area is 297 Å². The fourth-order valence-corrected chi connectivity index (χ4v) is 7.56. The number of fused-ring (bicyclic) bond motifs is 10. The van der Waals surface area contributed by atoms with E-state index in [4.69, 9.17) is 24.9 Å². The molecule has 4 aromatic heterocycles. The monoisotopic (exact) mass is 665 g/mol. The highest BCUT2D eigenvalue weighted by Crippen LogP contribution is 2.39. The van der Waals surface area contributed by atoms with E-state index in [-0.39, 0.29) is 0 Å². The van der Waals surface area contributed by atoms with Crippen LogP contribution in [-0.2, 0) is 0 Å². The molecule has 11 aromatic rings. The Morgan fingerprint density at radius 3 is 1.71 bits per heavy atom. The maximum absolute atomic E-state index is 5.37. The summed E-state index contributed by atoms with van der Waals surface area (Å²) in [7, 11) is 0. The maximum Gasteiger partial charge on any atom is 0.221 e. The minimum absolute atomic E-state index is 0.613. The van der Waals surface area contributed by atoms with Crippen LogP contribution in [0.3, 0.4) is 0 Å². The Morgan fingerprint density at radius 2 is 0.962 bits per heavy atom. The molecule has 0 aliphatic heterocycles. The summed E-state index contributed by atoms with van der Waals surface area (Å²) >= 11 is 0. The molecule has 0 amide bonds. The Bertz CT molecular complexity index is 3120. The molecule has 242 valence electrons. The molecule has 7 heteroatoms. The summed E-state index contributed by atoms with van der Waals surface area (Å²) in [6.45, 7) is 0. The number of rotatable bonds is 4. The van der Waals surface area contributed by atoms with Gasteiger partial charge in [-0.2, -0.15) is 0 Å². The summed E-state index contributed by atoms with van der Waals surface area (Å²) in [4.78, 5) is 25.6. The van der Waals surface area contributed by atoms with Gasteiger partial charge in [0.25, 0.3) is 0 Å². The molecule has 0 saturated heterocycles. The van der Waals surface area contributed by atoms with E-state index in [0.717, 1.165) is 72.0 Å². The van der Waals surface area contributed by atoms with Crippen LogP contribution in [0.25, 0.3) is 100 Å². The van der Waals surface area contributed by atoms with E-state index < -0.39 is 0 Å². The largest absolute Gasteiger partial charge is 0.279 e. The molecule has 0 radical (unpaired) electrons. The lowest BCUT2D eigenvalue weighted by atomic mass is 10.0. The van der Waals surface area contributed by atoms with E-state index in [1.807, 2.05) is 78.9 Å². The molecule has 0 spiro atoms. The van der Waals surface area contributed by atoms with E-state index in [1.54, 1.807) is 0 Å². The zero-order valence-corrected chi connectivity index (χ0v) is 27.7. The van der Waals surface area contributed by atoms with Crippen LogP contribution in [0.15, 0.2) is 164 Å². The Hall–Kier alpha value is -7.25. The number of nitrogens with zero attached hydrogens (tertiary/aromatic N) is 7. The smallest absolute Gasteiger partial charge is 0.221 e. The van der Waals surface area contributed by atoms with Gasteiger partial charge in [0.15, 0.2) is 17.5 Å². The lowest BCUT2D eigenvalue weighted by Gasteiger charge is -2.13. The molecule has 7 nitrogen and oxygen atoms in total. The van der Waals surface area contributed by atoms with Crippen LogP contribution < -0.4 is 0 Å². The molecule has 0 bridgehead atoms. The molecule has 0 atom stereocenters. The number of imidazole rings is 1. The van der Waals surface area contributed by atoms with Gasteiger partial charge in [-0.1, -0.05) is 115 Å². The van der Waals surface area contributed by atoms with Crippen molar-refractivity contribution in [2.45, 2.75) is 0 Å². The van der Waals surface area contributed by atoms with Crippen molar-refractivity contribution in [3.8, 4) is 40.1 Å². The lowest BCUT2D eigenvalue weighted by Crippen LogP contribution is -2.06. The predicted molar refractivity (Wildman–Crippen MR) is 210 cm³/mol. The van der Waals surface area contributed by atoms with E-state index >= 15 is 0 Å². The van der Waals surface area contributed by atoms with Crippen LogP contribution in [0.2, 0.25) is 0 Å². The van der Waals surface area contributed by atoms with Crippen molar-refractivity contribution in [1.29, 1.82) is 0 Å². The van der Waals surface area contributed by atoms with Gasteiger partial charge in [0.05, 0.1) is 27.6 Å². The molecule has 0 fully saturated rings. The number of aromatic nitrogens is 7. The summed E-state index contributed by atoms with van der Waals surface area (Å²) in [6.07, 6.45) is 0. The second kappa shape index (κ2) is 11.1. The first kappa shape index (κ1) is 28.6. The van der Waals surface area contributed by atoms with Crippen LogP contribution in [-0.4, -0.2) is 33.9 Å². The van der Waals surface area contributed by atoms with Gasteiger partial charge in [0.1, 0.15) is 5.65 Å². The quantitative estimate of drug-likeness (QED) is 0.187. The van der Waals surface area contributed by atoms with E-state index in [9.17, 15) is 0 Å². The minimum atomic E-state index is 0.613. The summed E-state index contributed by atoms with van der Waals surface area (Å²) in [5.41, 5.74) is 8.55. The third-order valence-corrected chi connectivity index (χ3v) is 9.94. The molecule has 0 aliphatic carbocycles. The fraction of sp³-hybridized carbons (Fsp3) is 0. The van der Waals surface area contributed by atoms with Gasteiger partial charge in [-0.15, -0.1) is 0 Å². The first-order valence-corrected chi connectivity index (χ1v) is 17.3. The molecule has 0 aliphatic rings. The van der Waals surface area contributed by atoms with Crippen LogP contribution in [0.5, 0.6) is 0 Å². The van der Waals surface area contributed by atoms with Crippen molar-refractivity contribution in [1.82, 2.24) is 33.9 Å². The van der Waals surface area contributed by atoms with Crippen LogP contribution >= 0.6 is 0 Å². The fourth-order valence-electron chi connectivity index (χ4n) is 7.56. The highest BCUT2D eigenvalue weighted by Gasteiger charge is 2.22. The average molecular weight is 666 g/mol. The predicted octanol–water partition coefficient (Wildman–Crippen LogP) is 10.5. The first-order chi connectivity index (χ1) is 25.8. The third-order valence-electron chi connectivity index (χ3n) is 9.94. The van der Waals surface area contributed by atoms with E-state index in [2.05, 4.69) is 93.9 Å². The molecule has 11 rings (SSSR count). The van der Waals surface area contributed by atoms with Gasteiger partial charge in [0, 0.05) is 32.8 Å². The second-order valence-electron chi connectivity index (χ2n) is 13.0. The number of benzene rings is 7. The van der Waals surface area contributed by atoms with Gasteiger partial charge < -0.3 is 0 Å². The van der Waals surface area contributed by atoms with E-state index in [0.29, 0.717) is 17.5 Å². The summed E-state index contributed by atoms with van der Waals surface area (Å²) in [5, 5.41) is 5.57. The standard InChI is InChI=1S/C45H27N7/c1-3-14-29(15-4-1)41-48-42(30-16-5-2-6-17-30)50-43(49-41)31-24-25-37-34(27-31)40-32-18-8-7-13-28(32)23-26-39(40)51(37)45-47-35-20-10-9-19-33(35)44-46-36-21-11-12-22-38(36)52(44)45/h1-27H. The lowest BCUT2D eigenvalue weighted by molar-refractivity contribution is 0.979. The maximum atomic E-state index is 5.37. The molecule has 7 aromatic carbocycles. The first-order valence-electron chi connectivity index (χ1n) is 17.3. The van der Waals surface area contributed by atoms with Crippen molar-refractivity contribution in [2.75, 3.05) is 0 Å². The van der Waals surface area contributed by atoms with Crippen LogP contribution in [0, 0.1) is 0 Å². The van der Waals surface area contributed by atoms with Gasteiger partial charge in [-0.3, -0.25) is 8.97 Å². The van der Waals surface area contributed by atoms with Gasteiger partial charge in [-0.25, -0.2) is 24.9 Å². The van der Waals surface area contributed by atoms with Crippen LogP contribution in [0.1, 0.15) is 0 Å². The normalized spacial score (nSPS) is 11.8. The molecule has 52 heavy (non-hydrogen) atoms. The zero-order valence-electron chi connectivity index (χ0n) is 27.7. The topological polar surface area (TPSA) is 73.8 Å². The summed E-state index contributed by atoms with van der Waals surface area (Å²) in [5.74, 6) is 2.66. The molecule has 4 heterocycles. The third kappa shape index (κ3) is 4.29. The average Bonchev–Trinajstić information content (AvgIpc) is 3.78. The van der Waals surface area contributed by atoms with Crippen molar-refractivity contribution in [2.24, 2.45) is 0 Å². The number of hydrogen-bond donors (Lipinski definition) is 0. The Kier molecular flexibility index (Phi) is 6.12. The zero-order chi connectivity index (χ0) is 34.2. The van der Waals surface area contributed by atoms with Crippen molar-refractivity contribution in [3.63, 3.8) is 0 Å². The van der Waals surface area contributed by atoms with Gasteiger partial charge in [-0.05, 0) is 59.3 Å². The van der Waals surface area contributed by atoms with Crippen LogP contribution in [0.4, 0.5) is 0 Å². The summed E-state index contributed by atoms with van der Waals surface area (Å²) < 4.78 is 4.48. The minimum Gasteiger partial charge on any atom is -0.279 e. The number of hydrogen-bond acceptors (Lipinski definition) is 5.